The summed E-state index contributed by atoms with van der Waals surface area (Å²) in [6, 6.07) is 0. The first-order chi connectivity index (χ1) is 7.05. The Kier molecular flexibility index (Phi) is 3.72. The molecule has 0 aromatic carbocycles. The van der Waals surface area contributed by atoms with Gasteiger partial charge in [0.1, 0.15) is 0 Å². The van der Waals surface area contributed by atoms with Crippen molar-refractivity contribution in [3.8, 4) is 0 Å². The lowest BCUT2D eigenvalue weighted by Gasteiger charge is -2.43. The van der Waals surface area contributed by atoms with Gasteiger partial charge in [0.15, 0.2) is 0 Å². The van der Waals surface area contributed by atoms with Crippen molar-refractivity contribution >= 4 is 11.9 Å². The molecule has 1 rings (SSSR count). The van der Waals surface area contributed by atoms with E-state index in [-0.39, 0.29) is 12.3 Å². The maximum absolute atomic E-state index is 11.1. The summed E-state index contributed by atoms with van der Waals surface area (Å²) in [7, 11) is 0. The third kappa shape index (κ3) is 1.98. The summed E-state index contributed by atoms with van der Waals surface area (Å²) in [5.74, 6) is -3.31. The third-order valence-electron chi connectivity index (χ3n) is 3.59. The summed E-state index contributed by atoms with van der Waals surface area (Å²) in [5, 5.41) is 22.1. The number of rotatable bonds is 4. The van der Waals surface area contributed by atoms with Crippen LogP contribution in [0.5, 0.6) is 0 Å². The third-order valence-corrected chi connectivity index (χ3v) is 3.59. The molecule has 1 aliphatic rings. The molecule has 0 aliphatic heterocycles. The van der Waals surface area contributed by atoms with Crippen LogP contribution in [0.15, 0.2) is 0 Å². The number of hydrogen-bond acceptors (Lipinski definition) is 4. The van der Waals surface area contributed by atoms with Crippen LogP contribution < -0.4 is 10.2 Å². The van der Waals surface area contributed by atoms with E-state index < -0.39 is 17.4 Å². The Balaban J connectivity index is 2.96. The van der Waals surface area contributed by atoms with Gasteiger partial charge < -0.3 is 19.8 Å². The molecule has 0 heterocycles. The fourth-order valence-corrected chi connectivity index (χ4v) is 2.59. The second-order valence-electron chi connectivity index (χ2n) is 4.23. The smallest absolute Gasteiger partial charge is 0.0535 e. The first kappa shape index (κ1) is 12.0. The predicted molar refractivity (Wildman–Crippen MR) is 49.3 cm³/mol. The van der Waals surface area contributed by atoms with Crippen LogP contribution in [0.3, 0.4) is 0 Å². The minimum atomic E-state index is -1.78. The van der Waals surface area contributed by atoms with Crippen LogP contribution in [0, 0.1) is 11.3 Å². The molecule has 0 radical (unpaired) electrons. The Morgan fingerprint density at radius 3 is 1.93 bits per heavy atom. The molecule has 0 N–H and O–H groups in total. The van der Waals surface area contributed by atoms with Gasteiger partial charge in [0.05, 0.1) is 17.4 Å². The summed E-state index contributed by atoms with van der Waals surface area (Å²) in [5.41, 5.74) is -1.78. The topological polar surface area (TPSA) is 80.3 Å². The molecule has 15 heavy (non-hydrogen) atoms. The molecular weight excluding hydrogens is 196 g/mol. The summed E-state index contributed by atoms with van der Waals surface area (Å²) >= 11 is 0. The van der Waals surface area contributed by atoms with Crippen LogP contribution in [0.1, 0.15) is 45.4 Å². The summed E-state index contributed by atoms with van der Waals surface area (Å²) in [6.45, 7) is 1.57. The Bertz CT molecular complexity index is 239. The lowest BCUT2D eigenvalue weighted by Crippen LogP contribution is -2.57. The molecule has 1 fully saturated rings. The standard InChI is InChI=1S/C11H18O4/c1-2-11(9(12)13,10(14)15)8-6-4-3-5-7-8/h8H,2-7H2,1H3,(H,12,13)(H,14,15)/p-2. The molecule has 86 valence electrons. The number of carboxylic acid groups (broad SMARTS) is 2. The van der Waals surface area contributed by atoms with Crippen molar-refractivity contribution in [1.29, 1.82) is 0 Å². The van der Waals surface area contributed by atoms with Crippen molar-refractivity contribution < 1.29 is 19.8 Å². The van der Waals surface area contributed by atoms with Crippen LogP contribution >= 0.6 is 0 Å². The average molecular weight is 212 g/mol. The Morgan fingerprint density at radius 1 is 1.13 bits per heavy atom. The first-order valence-corrected chi connectivity index (χ1v) is 5.48. The van der Waals surface area contributed by atoms with Gasteiger partial charge in [-0.2, -0.15) is 0 Å². The van der Waals surface area contributed by atoms with Gasteiger partial charge in [-0.15, -0.1) is 0 Å². The second kappa shape index (κ2) is 4.64. The van der Waals surface area contributed by atoms with Gasteiger partial charge in [0.2, 0.25) is 0 Å². The van der Waals surface area contributed by atoms with Crippen molar-refractivity contribution in [1.82, 2.24) is 0 Å². The fourth-order valence-electron chi connectivity index (χ4n) is 2.59. The molecule has 0 atom stereocenters. The molecule has 4 nitrogen and oxygen atoms in total. The number of carbonyl (C=O) groups excluding carboxylic acids is 2. The van der Waals surface area contributed by atoms with E-state index in [0.717, 1.165) is 19.3 Å². The fraction of sp³-hybridized carbons (Fsp3) is 0.818. The largest absolute Gasteiger partial charge is 0.549 e. The van der Waals surface area contributed by atoms with Crippen molar-refractivity contribution in [3.63, 3.8) is 0 Å². The summed E-state index contributed by atoms with van der Waals surface area (Å²) < 4.78 is 0. The van der Waals surface area contributed by atoms with E-state index in [4.69, 9.17) is 0 Å². The van der Waals surface area contributed by atoms with Crippen molar-refractivity contribution in [3.05, 3.63) is 0 Å². The molecular formula is C11H16O4-2. The first-order valence-electron chi connectivity index (χ1n) is 5.48. The SMILES string of the molecule is CCC(C(=O)[O-])(C(=O)[O-])C1CCCCC1. The maximum Gasteiger partial charge on any atom is 0.0535 e. The zero-order chi connectivity index (χ0) is 11.5. The second-order valence-corrected chi connectivity index (χ2v) is 4.23. The molecule has 1 aliphatic carbocycles. The van der Waals surface area contributed by atoms with Gasteiger partial charge in [0, 0.05) is 0 Å². The lowest BCUT2D eigenvalue weighted by atomic mass is 9.67. The van der Waals surface area contributed by atoms with Crippen LogP contribution in [-0.2, 0) is 9.59 Å². The van der Waals surface area contributed by atoms with Gasteiger partial charge in [-0.05, 0) is 25.2 Å². The predicted octanol–water partition coefficient (Wildman–Crippen LogP) is -0.537. The van der Waals surface area contributed by atoms with Crippen molar-refractivity contribution in [2.75, 3.05) is 0 Å². The monoisotopic (exact) mass is 212 g/mol. The van der Waals surface area contributed by atoms with Crippen LogP contribution in [0.2, 0.25) is 0 Å². The summed E-state index contributed by atoms with van der Waals surface area (Å²) in [6.07, 6.45) is 4.18. The number of hydrogen-bond donors (Lipinski definition) is 0. The Morgan fingerprint density at radius 2 is 1.60 bits per heavy atom. The molecule has 1 saturated carbocycles. The van der Waals surface area contributed by atoms with Gasteiger partial charge in [-0.3, -0.25) is 0 Å². The van der Waals surface area contributed by atoms with E-state index >= 15 is 0 Å². The van der Waals surface area contributed by atoms with Crippen molar-refractivity contribution in [2.24, 2.45) is 11.3 Å². The van der Waals surface area contributed by atoms with E-state index in [0.29, 0.717) is 12.8 Å². The van der Waals surface area contributed by atoms with E-state index in [1.165, 1.54) is 0 Å². The minimum Gasteiger partial charge on any atom is -0.549 e. The highest BCUT2D eigenvalue weighted by molar-refractivity contribution is 5.96. The average Bonchev–Trinajstić information content (AvgIpc) is 2.20. The number of carboxylic acids is 2. The zero-order valence-electron chi connectivity index (χ0n) is 8.95. The van der Waals surface area contributed by atoms with E-state index in [9.17, 15) is 19.8 Å². The molecule has 0 amide bonds. The van der Waals surface area contributed by atoms with E-state index in [2.05, 4.69) is 0 Å². The highest BCUT2D eigenvalue weighted by Crippen LogP contribution is 2.40. The number of carbonyl (C=O) groups is 2. The maximum atomic E-state index is 11.1. The molecule has 0 aromatic heterocycles. The molecule has 4 heteroatoms. The molecule has 0 bridgehead atoms. The molecule has 0 aromatic rings. The highest BCUT2D eigenvalue weighted by atomic mass is 16.4. The van der Waals surface area contributed by atoms with Crippen LogP contribution in [-0.4, -0.2) is 11.9 Å². The van der Waals surface area contributed by atoms with Gasteiger partial charge in [0.25, 0.3) is 0 Å². The number of aliphatic carboxylic acids is 2. The Labute approximate surface area is 89.3 Å². The van der Waals surface area contributed by atoms with Crippen LogP contribution in [0.4, 0.5) is 0 Å². The van der Waals surface area contributed by atoms with E-state index in [1.807, 2.05) is 0 Å². The molecule has 0 spiro atoms. The summed E-state index contributed by atoms with van der Waals surface area (Å²) in [4.78, 5) is 22.1. The zero-order valence-corrected chi connectivity index (χ0v) is 8.95. The van der Waals surface area contributed by atoms with E-state index in [1.54, 1.807) is 6.92 Å². The minimum absolute atomic E-state index is 0.0440. The van der Waals surface area contributed by atoms with Gasteiger partial charge in [-0.25, -0.2) is 0 Å². The normalized spacial score (nSPS) is 18.7. The molecule has 0 unspecified atom stereocenters. The van der Waals surface area contributed by atoms with Crippen molar-refractivity contribution in [2.45, 2.75) is 45.4 Å². The lowest BCUT2D eigenvalue weighted by molar-refractivity contribution is -0.348. The quantitative estimate of drug-likeness (QED) is 0.586. The van der Waals surface area contributed by atoms with Crippen LogP contribution in [0.25, 0.3) is 0 Å². The van der Waals surface area contributed by atoms with Gasteiger partial charge in [-0.1, -0.05) is 26.2 Å². The molecule has 0 saturated heterocycles. The van der Waals surface area contributed by atoms with Gasteiger partial charge >= 0.3 is 0 Å². The Hall–Kier alpha value is -1.06. The highest BCUT2D eigenvalue weighted by Gasteiger charge is 2.40.